The topological polar surface area (TPSA) is 76.3 Å². The maximum absolute atomic E-state index is 12.2. The van der Waals surface area contributed by atoms with Crippen molar-refractivity contribution in [1.82, 2.24) is 4.98 Å². The Balaban J connectivity index is 2.12. The molecule has 1 aromatic carbocycles. The summed E-state index contributed by atoms with van der Waals surface area (Å²) in [5.41, 5.74) is 7.33. The summed E-state index contributed by atoms with van der Waals surface area (Å²) in [5, 5.41) is 0. The third kappa shape index (κ3) is 1.37. The lowest BCUT2D eigenvalue weighted by molar-refractivity contribution is 0.0926. The van der Waals surface area contributed by atoms with Crippen LogP contribution in [0.2, 0.25) is 0 Å². The number of nitrogen functional groups attached to an aromatic ring is 1. The van der Waals surface area contributed by atoms with Crippen molar-refractivity contribution in [2.45, 2.75) is 0 Å². The van der Waals surface area contributed by atoms with E-state index in [1.165, 1.54) is 12.4 Å². The van der Waals surface area contributed by atoms with Gasteiger partial charge in [0.05, 0.1) is 16.8 Å². The van der Waals surface area contributed by atoms with Crippen LogP contribution < -0.4 is 10.6 Å². The van der Waals surface area contributed by atoms with Crippen molar-refractivity contribution in [3.05, 3.63) is 53.9 Å². The Hall–Kier alpha value is -2.69. The van der Waals surface area contributed by atoms with E-state index in [0.717, 1.165) is 4.90 Å². The van der Waals surface area contributed by atoms with Gasteiger partial charge in [-0.25, -0.2) is 4.90 Å². The highest BCUT2D eigenvalue weighted by molar-refractivity contribution is 6.34. The smallest absolute Gasteiger partial charge is 0.267 e. The first-order chi connectivity index (χ1) is 8.68. The van der Waals surface area contributed by atoms with Crippen molar-refractivity contribution >= 4 is 23.2 Å². The molecule has 1 aliphatic heterocycles. The number of hydrogen-bond donors (Lipinski definition) is 1. The van der Waals surface area contributed by atoms with E-state index in [4.69, 9.17) is 5.73 Å². The van der Waals surface area contributed by atoms with Crippen molar-refractivity contribution in [2.24, 2.45) is 0 Å². The molecule has 1 aromatic heterocycles. The molecular weight excluding hydrogens is 230 g/mol. The van der Waals surface area contributed by atoms with Crippen molar-refractivity contribution in [3.8, 4) is 0 Å². The Morgan fingerprint density at radius 2 is 1.83 bits per heavy atom. The molecule has 0 unspecified atom stereocenters. The van der Waals surface area contributed by atoms with E-state index in [-0.39, 0.29) is 11.8 Å². The number of rotatable bonds is 1. The van der Waals surface area contributed by atoms with Gasteiger partial charge in [0.1, 0.15) is 0 Å². The summed E-state index contributed by atoms with van der Waals surface area (Å²) in [6.07, 6.45) is 2.90. The molecule has 0 bridgehead atoms. The van der Waals surface area contributed by atoms with Gasteiger partial charge in [-0.2, -0.15) is 0 Å². The van der Waals surface area contributed by atoms with E-state index in [1.54, 1.807) is 30.3 Å². The molecule has 5 nitrogen and oxygen atoms in total. The molecule has 2 N–H and O–H groups in total. The van der Waals surface area contributed by atoms with Crippen molar-refractivity contribution in [1.29, 1.82) is 0 Å². The lowest BCUT2D eigenvalue weighted by atomic mass is 10.2. The second-order valence-electron chi connectivity index (χ2n) is 3.96. The van der Waals surface area contributed by atoms with Gasteiger partial charge in [0.2, 0.25) is 0 Å². The number of pyridine rings is 1. The van der Waals surface area contributed by atoms with Gasteiger partial charge in [0.25, 0.3) is 11.8 Å². The van der Waals surface area contributed by atoms with Crippen molar-refractivity contribution in [2.75, 3.05) is 10.6 Å². The number of aromatic nitrogens is 1. The summed E-state index contributed by atoms with van der Waals surface area (Å²) < 4.78 is 0. The van der Waals surface area contributed by atoms with Crippen LogP contribution >= 0.6 is 0 Å². The van der Waals surface area contributed by atoms with E-state index in [2.05, 4.69) is 4.98 Å². The molecule has 2 heterocycles. The fraction of sp³-hybridized carbons (Fsp3) is 0. The van der Waals surface area contributed by atoms with Gasteiger partial charge in [-0.3, -0.25) is 14.6 Å². The zero-order chi connectivity index (χ0) is 12.7. The van der Waals surface area contributed by atoms with Gasteiger partial charge in [0.15, 0.2) is 0 Å². The third-order valence-electron chi connectivity index (χ3n) is 2.82. The van der Waals surface area contributed by atoms with Crippen molar-refractivity contribution < 1.29 is 9.59 Å². The number of carbonyl (C=O) groups excluding carboxylic acids is 2. The first-order valence-corrected chi connectivity index (χ1v) is 5.37. The zero-order valence-electron chi connectivity index (χ0n) is 9.33. The molecule has 18 heavy (non-hydrogen) atoms. The second kappa shape index (κ2) is 3.66. The summed E-state index contributed by atoms with van der Waals surface area (Å²) in [6, 6.07) is 8.21. The van der Waals surface area contributed by atoms with Crippen LogP contribution in [-0.2, 0) is 0 Å². The van der Waals surface area contributed by atoms with E-state index in [0.29, 0.717) is 22.5 Å². The van der Waals surface area contributed by atoms with Crippen LogP contribution in [0.25, 0.3) is 0 Å². The minimum Gasteiger partial charge on any atom is -0.399 e. The van der Waals surface area contributed by atoms with E-state index in [9.17, 15) is 9.59 Å². The number of nitrogens with zero attached hydrogens (tertiary/aromatic N) is 2. The normalized spacial score (nSPS) is 13.9. The number of benzene rings is 1. The second-order valence-corrected chi connectivity index (χ2v) is 3.96. The van der Waals surface area contributed by atoms with Gasteiger partial charge in [-0.1, -0.05) is 6.07 Å². The zero-order valence-corrected chi connectivity index (χ0v) is 9.33. The first-order valence-electron chi connectivity index (χ1n) is 5.37. The maximum atomic E-state index is 12.2. The molecule has 0 saturated heterocycles. The summed E-state index contributed by atoms with van der Waals surface area (Å²) >= 11 is 0. The lowest BCUT2D eigenvalue weighted by Crippen LogP contribution is -2.29. The fourth-order valence-electron chi connectivity index (χ4n) is 1.98. The highest BCUT2D eigenvalue weighted by Crippen LogP contribution is 2.28. The summed E-state index contributed by atoms with van der Waals surface area (Å²) in [6.45, 7) is 0. The van der Waals surface area contributed by atoms with Crippen LogP contribution in [0.3, 0.4) is 0 Å². The number of fused-ring (bicyclic) bond motifs is 1. The average Bonchev–Trinajstić information content (AvgIpc) is 2.63. The van der Waals surface area contributed by atoms with Crippen LogP contribution in [0.1, 0.15) is 20.7 Å². The van der Waals surface area contributed by atoms with Gasteiger partial charge in [-0.15, -0.1) is 0 Å². The molecule has 0 radical (unpaired) electrons. The summed E-state index contributed by atoms with van der Waals surface area (Å²) in [7, 11) is 0. The number of hydrogen-bond acceptors (Lipinski definition) is 4. The fourth-order valence-corrected chi connectivity index (χ4v) is 1.98. The van der Waals surface area contributed by atoms with Gasteiger partial charge in [0, 0.05) is 18.1 Å². The Bertz CT molecular complexity index is 632. The van der Waals surface area contributed by atoms with Crippen molar-refractivity contribution in [3.63, 3.8) is 0 Å². The standard InChI is InChI=1S/C13H9N3O2/c14-8-2-1-3-9(6-8)16-12(17)10-4-5-15-7-11(10)13(16)18/h1-7H,14H2. The monoisotopic (exact) mass is 239 g/mol. The average molecular weight is 239 g/mol. The minimum atomic E-state index is -0.367. The van der Waals surface area contributed by atoms with Gasteiger partial charge < -0.3 is 5.73 Å². The molecule has 88 valence electrons. The largest absolute Gasteiger partial charge is 0.399 e. The number of nitrogens with two attached hydrogens (primary N) is 1. The molecule has 0 fully saturated rings. The van der Waals surface area contributed by atoms with E-state index < -0.39 is 0 Å². The predicted molar refractivity (Wildman–Crippen MR) is 66.2 cm³/mol. The molecule has 3 rings (SSSR count). The molecule has 2 amide bonds. The van der Waals surface area contributed by atoms with Crippen LogP contribution in [-0.4, -0.2) is 16.8 Å². The number of imide groups is 1. The van der Waals surface area contributed by atoms with Crippen LogP contribution in [0.15, 0.2) is 42.7 Å². The number of carbonyl (C=O) groups is 2. The number of amides is 2. The van der Waals surface area contributed by atoms with E-state index >= 15 is 0 Å². The third-order valence-corrected chi connectivity index (χ3v) is 2.82. The molecule has 0 aliphatic carbocycles. The summed E-state index contributed by atoms with van der Waals surface area (Å²) in [4.78, 5) is 29.3. The maximum Gasteiger partial charge on any atom is 0.267 e. The SMILES string of the molecule is Nc1cccc(N2C(=O)c3ccncc3C2=O)c1. The van der Waals surface area contributed by atoms with Gasteiger partial charge in [-0.05, 0) is 24.3 Å². The highest BCUT2D eigenvalue weighted by atomic mass is 16.2. The Morgan fingerprint density at radius 3 is 2.56 bits per heavy atom. The Kier molecular flexibility index (Phi) is 2.13. The molecule has 1 aliphatic rings. The quantitative estimate of drug-likeness (QED) is 0.603. The predicted octanol–water partition coefficient (Wildman–Crippen LogP) is 1.46. The number of anilines is 2. The summed E-state index contributed by atoms with van der Waals surface area (Å²) in [5.74, 6) is -0.711. The minimum absolute atomic E-state index is 0.324. The Morgan fingerprint density at radius 1 is 1.06 bits per heavy atom. The van der Waals surface area contributed by atoms with E-state index in [1.807, 2.05) is 0 Å². The molecule has 2 aromatic rings. The highest BCUT2D eigenvalue weighted by Gasteiger charge is 2.36. The van der Waals surface area contributed by atoms with Gasteiger partial charge >= 0.3 is 0 Å². The van der Waals surface area contributed by atoms with Crippen LogP contribution in [0, 0.1) is 0 Å². The molecule has 0 saturated carbocycles. The van der Waals surface area contributed by atoms with Crippen LogP contribution in [0.5, 0.6) is 0 Å². The molecule has 5 heteroatoms. The molecule has 0 spiro atoms. The lowest BCUT2D eigenvalue weighted by Gasteiger charge is -2.13. The molecular formula is C13H9N3O2. The molecule has 0 atom stereocenters. The van der Waals surface area contributed by atoms with Crippen LogP contribution in [0.4, 0.5) is 11.4 Å². The Labute approximate surface area is 103 Å². The first kappa shape index (κ1) is 10.5.